The first kappa shape index (κ1) is 16.4. The second-order valence-electron chi connectivity index (χ2n) is 6.25. The van der Waals surface area contributed by atoms with Gasteiger partial charge in [-0.2, -0.15) is 0 Å². The molecule has 1 N–H and O–H groups in total. The number of amides is 1. The average molecular weight is 348 g/mol. The third-order valence-electron chi connectivity index (χ3n) is 4.59. The first-order valence-corrected chi connectivity index (χ1v) is 8.57. The fourth-order valence-corrected chi connectivity index (χ4v) is 3.12. The fourth-order valence-electron chi connectivity index (χ4n) is 2.86. The van der Waals surface area contributed by atoms with Gasteiger partial charge in [0.1, 0.15) is 0 Å². The summed E-state index contributed by atoms with van der Waals surface area (Å²) in [7, 11) is 0. The maximum Gasteiger partial charge on any atom is 0.230 e. The first-order chi connectivity index (χ1) is 11.0. The number of rotatable bonds is 5. The Kier molecular flexibility index (Phi) is 4.65. The van der Waals surface area contributed by atoms with E-state index in [4.69, 9.17) is 23.2 Å². The van der Waals surface area contributed by atoms with E-state index in [-0.39, 0.29) is 17.2 Å². The summed E-state index contributed by atoms with van der Waals surface area (Å²) in [6, 6.07) is 15.4. The molecule has 2 aromatic carbocycles. The van der Waals surface area contributed by atoms with Crippen LogP contribution in [0, 0.1) is 0 Å². The molecule has 1 amide bonds. The largest absolute Gasteiger partial charge is 0.355 e. The molecule has 0 aliphatic heterocycles. The highest BCUT2D eigenvalue weighted by molar-refractivity contribution is 6.30. The smallest absolute Gasteiger partial charge is 0.230 e. The molecule has 1 fully saturated rings. The maximum atomic E-state index is 12.6. The van der Waals surface area contributed by atoms with Gasteiger partial charge in [-0.25, -0.2) is 0 Å². The Balaban J connectivity index is 1.63. The number of carbonyl (C=O) groups excluding carboxylic acids is 1. The molecule has 0 spiro atoms. The molecule has 3 rings (SSSR count). The van der Waals surface area contributed by atoms with Crippen molar-refractivity contribution in [3.05, 3.63) is 69.7 Å². The summed E-state index contributed by atoms with van der Waals surface area (Å²) in [5, 5.41) is 4.53. The molecule has 0 bridgehead atoms. The van der Waals surface area contributed by atoms with E-state index in [9.17, 15) is 4.79 Å². The standard InChI is InChI=1S/C19H19Cl2NO/c1-13(14-2-6-16(20)7-3-14)12-22-18(23)19(10-11-19)15-4-8-17(21)9-5-15/h2-9,13H,10-12H2,1H3,(H,22,23). The van der Waals surface area contributed by atoms with Gasteiger partial charge < -0.3 is 5.32 Å². The van der Waals surface area contributed by atoms with Gasteiger partial charge in [-0.1, -0.05) is 54.4 Å². The Bertz CT molecular complexity index is 690. The van der Waals surface area contributed by atoms with Crippen molar-refractivity contribution in [2.75, 3.05) is 6.54 Å². The fraction of sp³-hybridized carbons (Fsp3) is 0.316. The van der Waals surface area contributed by atoms with Gasteiger partial charge in [-0.3, -0.25) is 4.79 Å². The van der Waals surface area contributed by atoms with Crippen molar-refractivity contribution in [3.63, 3.8) is 0 Å². The first-order valence-electron chi connectivity index (χ1n) is 7.81. The lowest BCUT2D eigenvalue weighted by molar-refractivity contribution is -0.123. The summed E-state index contributed by atoms with van der Waals surface area (Å²) < 4.78 is 0. The van der Waals surface area contributed by atoms with Crippen molar-refractivity contribution >= 4 is 29.1 Å². The summed E-state index contributed by atoms with van der Waals surface area (Å²) >= 11 is 11.8. The Morgan fingerprint density at radius 1 is 1.04 bits per heavy atom. The molecule has 0 saturated heterocycles. The minimum atomic E-state index is -0.357. The van der Waals surface area contributed by atoms with Crippen LogP contribution in [0.3, 0.4) is 0 Å². The molecular weight excluding hydrogens is 329 g/mol. The average Bonchev–Trinajstić information content (AvgIpc) is 3.35. The normalized spacial score (nSPS) is 16.7. The van der Waals surface area contributed by atoms with E-state index < -0.39 is 0 Å². The van der Waals surface area contributed by atoms with Crippen molar-refractivity contribution in [1.29, 1.82) is 0 Å². The van der Waals surface area contributed by atoms with Crippen molar-refractivity contribution in [1.82, 2.24) is 5.32 Å². The van der Waals surface area contributed by atoms with Crippen molar-refractivity contribution < 1.29 is 4.79 Å². The molecule has 1 atom stereocenters. The lowest BCUT2D eigenvalue weighted by atomic mass is 9.94. The van der Waals surface area contributed by atoms with Crippen LogP contribution in [0.2, 0.25) is 10.0 Å². The number of benzene rings is 2. The molecule has 1 aliphatic carbocycles. The zero-order valence-corrected chi connectivity index (χ0v) is 14.5. The SMILES string of the molecule is CC(CNC(=O)C1(c2ccc(Cl)cc2)CC1)c1ccc(Cl)cc1. The molecule has 1 aliphatic rings. The van der Waals surface area contributed by atoms with Crippen LogP contribution < -0.4 is 5.32 Å². The predicted octanol–water partition coefficient (Wildman–Crippen LogP) is 4.94. The number of hydrogen-bond donors (Lipinski definition) is 1. The van der Waals surface area contributed by atoms with Crippen LogP contribution in [-0.4, -0.2) is 12.5 Å². The quantitative estimate of drug-likeness (QED) is 0.814. The number of carbonyl (C=O) groups is 1. The van der Waals surface area contributed by atoms with Crippen molar-refractivity contribution in [2.24, 2.45) is 0 Å². The Morgan fingerprint density at radius 2 is 1.57 bits per heavy atom. The molecule has 0 heterocycles. The molecule has 1 saturated carbocycles. The van der Waals surface area contributed by atoms with Gasteiger partial charge in [0.05, 0.1) is 5.41 Å². The van der Waals surface area contributed by atoms with E-state index in [0.29, 0.717) is 11.6 Å². The van der Waals surface area contributed by atoms with E-state index in [1.165, 1.54) is 5.56 Å². The molecule has 2 aromatic rings. The third kappa shape index (κ3) is 3.54. The third-order valence-corrected chi connectivity index (χ3v) is 5.09. The van der Waals surface area contributed by atoms with E-state index in [1.54, 1.807) is 0 Å². The van der Waals surface area contributed by atoms with Crippen molar-refractivity contribution in [2.45, 2.75) is 31.1 Å². The molecule has 4 heteroatoms. The minimum absolute atomic E-state index is 0.112. The van der Waals surface area contributed by atoms with Gasteiger partial charge in [0.25, 0.3) is 0 Å². The summed E-state index contributed by atoms with van der Waals surface area (Å²) in [6.45, 7) is 2.72. The van der Waals surface area contributed by atoms with E-state index in [1.807, 2.05) is 48.5 Å². The summed E-state index contributed by atoms with van der Waals surface area (Å²) in [5.41, 5.74) is 1.87. The molecular formula is C19H19Cl2NO. The van der Waals surface area contributed by atoms with E-state index in [0.717, 1.165) is 23.4 Å². The predicted molar refractivity (Wildman–Crippen MR) is 95.2 cm³/mol. The van der Waals surface area contributed by atoms with E-state index >= 15 is 0 Å². The van der Waals surface area contributed by atoms with Crippen LogP contribution in [0.4, 0.5) is 0 Å². The Hall–Kier alpha value is -1.51. The monoisotopic (exact) mass is 347 g/mol. The topological polar surface area (TPSA) is 29.1 Å². The van der Waals surface area contributed by atoms with Crippen LogP contribution in [-0.2, 0) is 10.2 Å². The zero-order chi connectivity index (χ0) is 16.4. The van der Waals surface area contributed by atoms with Gasteiger partial charge in [0.2, 0.25) is 5.91 Å². The summed E-state index contributed by atoms with van der Waals surface area (Å²) in [4.78, 5) is 12.6. The maximum absolute atomic E-state index is 12.6. The molecule has 120 valence electrons. The lowest BCUT2D eigenvalue weighted by Gasteiger charge is -2.18. The second-order valence-corrected chi connectivity index (χ2v) is 7.12. The number of halogens is 2. The summed E-state index contributed by atoms with van der Waals surface area (Å²) in [6.07, 6.45) is 1.80. The molecule has 23 heavy (non-hydrogen) atoms. The molecule has 2 nitrogen and oxygen atoms in total. The Labute approximate surface area is 146 Å². The highest BCUT2D eigenvalue weighted by Gasteiger charge is 2.51. The Morgan fingerprint density at radius 3 is 2.09 bits per heavy atom. The molecule has 0 radical (unpaired) electrons. The summed E-state index contributed by atoms with van der Waals surface area (Å²) in [5.74, 6) is 0.359. The van der Waals surface area contributed by atoms with Gasteiger partial charge in [-0.05, 0) is 54.2 Å². The number of nitrogens with one attached hydrogen (secondary N) is 1. The van der Waals surface area contributed by atoms with Crippen LogP contribution in [0.1, 0.15) is 36.8 Å². The van der Waals surface area contributed by atoms with Crippen LogP contribution >= 0.6 is 23.2 Å². The zero-order valence-electron chi connectivity index (χ0n) is 13.0. The van der Waals surface area contributed by atoms with Gasteiger partial charge >= 0.3 is 0 Å². The minimum Gasteiger partial charge on any atom is -0.355 e. The van der Waals surface area contributed by atoms with Gasteiger partial charge in [0.15, 0.2) is 0 Å². The lowest BCUT2D eigenvalue weighted by Crippen LogP contribution is -2.36. The molecule has 1 unspecified atom stereocenters. The van der Waals surface area contributed by atoms with E-state index in [2.05, 4.69) is 12.2 Å². The highest BCUT2D eigenvalue weighted by Crippen LogP contribution is 2.48. The van der Waals surface area contributed by atoms with Gasteiger partial charge in [0, 0.05) is 16.6 Å². The van der Waals surface area contributed by atoms with Crippen LogP contribution in [0.25, 0.3) is 0 Å². The van der Waals surface area contributed by atoms with Crippen LogP contribution in [0.5, 0.6) is 0 Å². The number of hydrogen-bond acceptors (Lipinski definition) is 1. The second kappa shape index (κ2) is 6.54. The van der Waals surface area contributed by atoms with Crippen LogP contribution in [0.15, 0.2) is 48.5 Å². The highest BCUT2D eigenvalue weighted by atomic mass is 35.5. The molecule has 0 aromatic heterocycles. The van der Waals surface area contributed by atoms with Gasteiger partial charge in [-0.15, -0.1) is 0 Å². The van der Waals surface area contributed by atoms with Crippen molar-refractivity contribution in [3.8, 4) is 0 Å².